The topological polar surface area (TPSA) is 119 Å². The molecule has 1 saturated heterocycles. The summed E-state index contributed by atoms with van der Waals surface area (Å²) in [4.78, 5) is 24.6. The number of aryl methyl sites for hydroxylation is 2. The molecule has 2 aliphatic rings. The number of carbonyl (C=O) groups is 1. The molecule has 1 aliphatic carbocycles. The zero-order chi connectivity index (χ0) is 25.8. The molecule has 1 fully saturated rings. The van der Waals surface area contributed by atoms with Gasteiger partial charge in [0, 0.05) is 49.6 Å². The Bertz CT molecular complexity index is 1310. The number of nitrogen functional groups attached to an aromatic ring is 1. The molecule has 3 aromatic rings. The van der Waals surface area contributed by atoms with E-state index in [1.54, 1.807) is 4.90 Å². The molecule has 36 heavy (non-hydrogen) atoms. The van der Waals surface area contributed by atoms with Crippen molar-refractivity contribution in [3.63, 3.8) is 0 Å². The van der Waals surface area contributed by atoms with Crippen LogP contribution in [0.2, 0.25) is 0 Å². The fourth-order valence-corrected chi connectivity index (χ4v) is 7.12. The normalized spacial score (nSPS) is 22.3. The Morgan fingerprint density at radius 1 is 1.33 bits per heavy atom. The number of pyridine rings is 1. The summed E-state index contributed by atoms with van der Waals surface area (Å²) in [5, 5.41) is 3.86. The van der Waals surface area contributed by atoms with E-state index >= 15 is 4.39 Å². The smallest absolute Gasteiger partial charge is 0.276 e. The number of halogens is 3. The van der Waals surface area contributed by atoms with Crippen molar-refractivity contribution in [2.24, 2.45) is 11.7 Å². The Balaban J connectivity index is 1.29. The number of hydrogen-bond acceptors (Lipinski definition) is 9. The van der Waals surface area contributed by atoms with Gasteiger partial charge in [0.25, 0.3) is 11.8 Å². The standard InChI is InChI=1S/C23H27F3N6O2S2/c1-10-29-22-20(35-10)18(28)19(36-22)21(33)30-11-3-4-16-12(5-11)14(24)6-17(31-16)32-7-13(15(27)8-32)23(25,26)9-34-2/h6,11,13,15H,3-5,7-9,27-28H2,1-2H3,(H,30,33). The van der Waals surface area contributed by atoms with E-state index in [-0.39, 0.29) is 31.5 Å². The summed E-state index contributed by atoms with van der Waals surface area (Å²) in [6, 6.07) is 0.208. The van der Waals surface area contributed by atoms with Crippen LogP contribution in [0.4, 0.5) is 24.7 Å². The second-order valence-electron chi connectivity index (χ2n) is 9.38. The third kappa shape index (κ3) is 4.53. The Morgan fingerprint density at radius 2 is 2.11 bits per heavy atom. The number of thiazole rings is 1. The molecular weight excluding hydrogens is 513 g/mol. The van der Waals surface area contributed by atoms with Crippen LogP contribution >= 0.6 is 22.7 Å². The van der Waals surface area contributed by atoms with E-state index in [0.717, 1.165) is 14.5 Å². The number of amides is 1. The van der Waals surface area contributed by atoms with Crippen LogP contribution in [-0.4, -0.2) is 60.7 Å². The van der Waals surface area contributed by atoms with E-state index in [1.807, 2.05) is 6.92 Å². The Hall–Kier alpha value is -2.48. The average molecular weight is 541 g/mol. The van der Waals surface area contributed by atoms with Crippen molar-refractivity contribution in [3.05, 3.63) is 33.0 Å². The third-order valence-electron chi connectivity index (χ3n) is 6.82. The molecule has 194 valence electrons. The summed E-state index contributed by atoms with van der Waals surface area (Å²) in [6.45, 7) is 1.29. The van der Waals surface area contributed by atoms with E-state index in [9.17, 15) is 13.6 Å². The number of carbonyl (C=O) groups excluding carboxylic acids is 1. The summed E-state index contributed by atoms with van der Waals surface area (Å²) in [5.74, 6) is -4.67. The SMILES string of the molecule is COCC(F)(F)C1CN(c2cc(F)c3c(n2)CCC(NC(=O)c2sc4nc(C)sc4c2N)C3)CC1N. The Labute approximate surface area is 213 Å². The minimum Gasteiger partial charge on any atom is -0.396 e. The van der Waals surface area contributed by atoms with E-state index in [4.69, 9.17) is 11.5 Å². The number of nitrogens with zero attached hydrogens (tertiary/aromatic N) is 3. The van der Waals surface area contributed by atoms with Crippen LogP contribution in [0.1, 0.15) is 32.4 Å². The van der Waals surface area contributed by atoms with E-state index in [0.29, 0.717) is 40.5 Å². The van der Waals surface area contributed by atoms with Crippen LogP contribution in [0.5, 0.6) is 0 Å². The van der Waals surface area contributed by atoms with Crippen molar-refractivity contribution >= 4 is 49.6 Å². The number of nitrogens with two attached hydrogens (primary N) is 2. The van der Waals surface area contributed by atoms with Crippen LogP contribution in [0.3, 0.4) is 0 Å². The van der Waals surface area contributed by atoms with Crippen LogP contribution in [0.15, 0.2) is 6.07 Å². The molecule has 1 aliphatic heterocycles. The minimum atomic E-state index is -3.09. The number of ether oxygens (including phenoxy) is 1. The van der Waals surface area contributed by atoms with Crippen LogP contribution in [0.25, 0.3) is 9.53 Å². The lowest BCUT2D eigenvalue weighted by Gasteiger charge is -2.27. The molecule has 0 bridgehead atoms. The molecule has 4 heterocycles. The second kappa shape index (κ2) is 9.43. The first-order chi connectivity index (χ1) is 17.1. The zero-order valence-electron chi connectivity index (χ0n) is 19.8. The number of thiophene rings is 1. The van der Waals surface area contributed by atoms with Gasteiger partial charge in [0.1, 0.15) is 27.9 Å². The highest BCUT2D eigenvalue weighted by atomic mass is 32.1. The molecule has 0 spiro atoms. The van der Waals surface area contributed by atoms with Crippen LogP contribution in [-0.2, 0) is 17.6 Å². The summed E-state index contributed by atoms with van der Waals surface area (Å²) >= 11 is 2.70. The number of anilines is 2. The predicted octanol–water partition coefficient (Wildman–Crippen LogP) is 3.12. The number of methoxy groups -OCH3 is 1. The molecule has 1 amide bonds. The van der Waals surface area contributed by atoms with Crippen LogP contribution < -0.4 is 21.7 Å². The highest BCUT2D eigenvalue weighted by molar-refractivity contribution is 7.29. The van der Waals surface area contributed by atoms with Gasteiger partial charge in [-0.2, -0.15) is 0 Å². The molecule has 3 atom stereocenters. The molecule has 8 nitrogen and oxygen atoms in total. The monoisotopic (exact) mass is 540 g/mol. The molecule has 3 aromatic heterocycles. The quantitative estimate of drug-likeness (QED) is 0.440. The molecule has 0 radical (unpaired) electrons. The van der Waals surface area contributed by atoms with E-state index < -0.39 is 30.3 Å². The highest BCUT2D eigenvalue weighted by Gasteiger charge is 2.48. The van der Waals surface area contributed by atoms with E-state index in [1.165, 1.54) is 35.8 Å². The van der Waals surface area contributed by atoms with Gasteiger partial charge in [0.05, 0.1) is 21.3 Å². The first-order valence-corrected chi connectivity index (χ1v) is 13.2. The van der Waals surface area contributed by atoms with Crippen molar-refractivity contribution in [1.29, 1.82) is 0 Å². The predicted molar refractivity (Wildman–Crippen MR) is 135 cm³/mol. The van der Waals surface area contributed by atoms with Gasteiger partial charge in [-0.25, -0.2) is 23.1 Å². The molecule has 5 N–H and O–H groups in total. The van der Waals surface area contributed by atoms with Gasteiger partial charge in [-0.3, -0.25) is 4.79 Å². The van der Waals surface area contributed by atoms with Crippen molar-refractivity contribution in [2.45, 2.75) is 44.2 Å². The highest BCUT2D eigenvalue weighted by Crippen LogP contribution is 2.38. The Morgan fingerprint density at radius 3 is 2.83 bits per heavy atom. The van der Waals surface area contributed by atoms with Crippen molar-refractivity contribution < 1.29 is 22.7 Å². The maximum Gasteiger partial charge on any atom is 0.276 e. The molecular formula is C23H27F3N6O2S2. The van der Waals surface area contributed by atoms with Gasteiger partial charge in [-0.1, -0.05) is 0 Å². The lowest BCUT2D eigenvalue weighted by molar-refractivity contribution is -0.105. The average Bonchev–Trinajstić information content (AvgIpc) is 3.47. The van der Waals surface area contributed by atoms with Gasteiger partial charge in [-0.05, 0) is 26.2 Å². The van der Waals surface area contributed by atoms with Crippen molar-refractivity contribution in [2.75, 3.05) is 37.4 Å². The molecule has 13 heteroatoms. The van der Waals surface area contributed by atoms with Gasteiger partial charge < -0.3 is 26.4 Å². The lowest BCUT2D eigenvalue weighted by atomic mass is 9.91. The zero-order valence-corrected chi connectivity index (χ0v) is 21.4. The summed E-state index contributed by atoms with van der Waals surface area (Å²) in [6.07, 6.45) is 1.30. The second-order valence-corrected chi connectivity index (χ2v) is 11.6. The lowest BCUT2D eigenvalue weighted by Crippen LogP contribution is -2.43. The maximum atomic E-state index is 15.2. The summed E-state index contributed by atoms with van der Waals surface area (Å²) < 4.78 is 49.4. The fraction of sp³-hybridized carbons (Fsp3) is 0.522. The number of alkyl halides is 2. The Kier molecular flexibility index (Phi) is 6.60. The first kappa shape index (κ1) is 25.2. The van der Waals surface area contributed by atoms with Gasteiger partial charge in [-0.15, -0.1) is 22.7 Å². The minimum absolute atomic E-state index is 0.0322. The molecule has 5 rings (SSSR count). The summed E-state index contributed by atoms with van der Waals surface area (Å²) in [7, 11) is 1.22. The van der Waals surface area contributed by atoms with Gasteiger partial charge in [0.2, 0.25) is 0 Å². The van der Waals surface area contributed by atoms with Crippen LogP contribution in [0, 0.1) is 18.7 Å². The number of nitrogens with one attached hydrogen (secondary N) is 1. The van der Waals surface area contributed by atoms with Crippen molar-refractivity contribution in [3.8, 4) is 0 Å². The van der Waals surface area contributed by atoms with E-state index in [2.05, 4.69) is 20.0 Å². The summed E-state index contributed by atoms with van der Waals surface area (Å²) in [5.41, 5.74) is 13.6. The first-order valence-electron chi connectivity index (χ1n) is 11.6. The maximum absolute atomic E-state index is 15.2. The third-order valence-corrected chi connectivity index (χ3v) is 9.05. The largest absolute Gasteiger partial charge is 0.396 e. The van der Waals surface area contributed by atoms with Gasteiger partial charge in [0.15, 0.2) is 0 Å². The number of hydrogen-bond donors (Lipinski definition) is 3. The number of aromatic nitrogens is 2. The molecule has 0 aromatic carbocycles. The number of fused-ring (bicyclic) bond motifs is 2. The number of rotatable bonds is 6. The molecule has 0 saturated carbocycles. The van der Waals surface area contributed by atoms with Gasteiger partial charge >= 0.3 is 0 Å². The molecule has 3 unspecified atom stereocenters. The van der Waals surface area contributed by atoms with Crippen molar-refractivity contribution in [1.82, 2.24) is 15.3 Å². The fourth-order valence-electron chi connectivity index (χ4n) is 5.03.